The molecule has 0 radical (unpaired) electrons. The third kappa shape index (κ3) is 4.27. The van der Waals surface area contributed by atoms with Crippen LogP contribution < -0.4 is 0 Å². The number of Topliss-reactive ketones (excluding diaryl/α,β-unsaturated/α-hetero) is 1. The van der Waals surface area contributed by atoms with Crippen molar-refractivity contribution in [1.29, 1.82) is 0 Å². The van der Waals surface area contributed by atoms with Crippen LogP contribution in [0.3, 0.4) is 0 Å². The van der Waals surface area contributed by atoms with Crippen LogP contribution in [0.5, 0.6) is 0 Å². The number of carbonyl (C=O) groups excluding carboxylic acids is 2. The molecule has 2 aliphatic heterocycles. The Labute approximate surface area is 176 Å². The van der Waals surface area contributed by atoms with Gasteiger partial charge in [-0.2, -0.15) is 0 Å². The van der Waals surface area contributed by atoms with Gasteiger partial charge in [0.2, 0.25) is 5.91 Å². The van der Waals surface area contributed by atoms with Crippen molar-refractivity contribution in [2.24, 2.45) is 17.3 Å². The molecule has 2 saturated carbocycles. The average molecular weight is 405 g/mol. The van der Waals surface area contributed by atoms with Gasteiger partial charge in [-0.05, 0) is 56.8 Å². The SMILES string of the molecule is CCC(=O)C1CCC2(CC1)CC(N1CCC3(CC1)CN(C(=O)C(C)C)CCO3)C2. The number of likely N-dealkylation sites (tertiary alicyclic amines) is 1. The van der Waals surface area contributed by atoms with E-state index in [1.54, 1.807) is 0 Å². The smallest absolute Gasteiger partial charge is 0.225 e. The molecule has 0 aromatic rings. The van der Waals surface area contributed by atoms with Crippen LogP contribution in [0.1, 0.15) is 78.6 Å². The lowest BCUT2D eigenvalue weighted by atomic mass is 9.56. The number of morpholine rings is 1. The minimum atomic E-state index is -0.112. The molecule has 5 heteroatoms. The highest BCUT2D eigenvalue weighted by molar-refractivity contribution is 5.80. The van der Waals surface area contributed by atoms with E-state index in [2.05, 4.69) is 4.90 Å². The summed E-state index contributed by atoms with van der Waals surface area (Å²) in [5, 5.41) is 0. The molecule has 0 aromatic heterocycles. The number of nitrogens with zero attached hydrogens (tertiary/aromatic N) is 2. The zero-order chi connectivity index (χ0) is 20.6. The quantitative estimate of drug-likeness (QED) is 0.718. The maximum atomic E-state index is 12.4. The second-order valence-electron chi connectivity index (χ2n) is 10.6. The maximum Gasteiger partial charge on any atom is 0.225 e. The molecule has 0 atom stereocenters. The third-order valence-electron chi connectivity index (χ3n) is 8.47. The highest BCUT2D eigenvalue weighted by Crippen LogP contribution is 2.55. The monoisotopic (exact) mass is 404 g/mol. The van der Waals surface area contributed by atoms with Crippen LogP contribution in [0, 0.1) is 17.3 Å². The van der Waals surface area contributed by atoms with Gasteiger partial charge in [0.25, 0.3) is 0 Å². The molecule has 1 amide bonds. The molecule has 2 saturated heterocycles. The molecule has 4 aliphatic rings. The number of rotatable bonds is 4. The number of piperidine rings is 1. The highest BCUT2D eigenvalue weighted by Gasteiger charge is 2.50. The van der Waals surface area contributed by atoms with E-state index in [9.17, 15) is 9.59 Å². The topological polar surface area (TPSA) is 49.9 Å². The molecule has 0 bridgehead atoms. The molecule has 164 valence electrons. The van der Waals surface area contributed by atoms with E-state index in [1.165, 1.54) is 25.7 Å². The van der Waals surface area contributed by atoms with Gasteiger partial charge in [-0.1, -0.05) is 20.8 Å². The van der Waals surface area contributed by atoms with Gasteiger partial charge in [0.1, 0.15) is 5.78 Å². The summed E-state index contributed by atoms with van der Waals surface area (Å²) < 4.78 is 6.25. The standard InChI is InChI=1S/C24H40N2O3/c1-4-21(27)19-5-7-23(8-6-19)15-20(16-23)25-11-9-24(10-12-25)17-26(13-14-29-24)22(28)18(2)3/h18-20H,4-17H2,1-3H3. The van der Waals surface area contributed by atoms with E-state index in [-0.39, 0.29) is 17.4 Å². The number of ether oxygens (including phenoxy) is 1. The first-order valence-corrected chi connectivity index (χ1v) is 12.0. The largest absolute Gasteiger partial charge is 0.371 e. The minimum absolute atomic E-state index is 0.0686. The van der Waals surface area contributed by atoms with Crippen molar-refractivity contribution in [3.05, 3.63) is 0 Å². The number of hydrogen-bond acceptors (Lipinski definition) is 4. The second kappa shape index (κ2) is 8.30. The van der Waals surface area contributed by atoms with Crippen molar-refractivity contribution >= 4 is 11.7 Å². The van der Waals surface area contributed by atoms with Crippen LogP contribution in [0.25, 0.3) is 0 Å². The normalized spacial score (nSPS) is 35.1. The molecule has 0 unspecified atom stereocenters. The van der Waals surface area contributed by atoms with Gasteiger partial charge in [0.15, 0.2) is 0 Å². The summed E-state index contributed by atoms with van der Waals surface area (Å²) in [4.78, 5) is 29.2. The number of ketones is 1. The Kier molecular flexibility index (Phi) is 6.09. The molecule has 0 N–H and O–H groups in total. The number of hydrogen-bond donors (Lipinski definition) is 0. The minimum Gasteiger partial charge on any atom is -0.371 e. The van der Waals surface area contributed by atoms with Crippen LogP contribution >= 0.6 is 0 Å². The van der Waals surface area contributed by atoms with Crippen LogP contribution in [0.15, 0.2) is 0 Å². The summed E-state index contributed by atoms with van der Waals surface area (Å²) in [7, 11) is 0. The summed E-state index contributed by atoms with van der Waals surface area (Å²) in [6.45, 7) is 10.4. The van der Waals surface area contributed by atoms with Gasteiger partial charge in [0.05, 0.1) is 12.2 Å². The van der Waals surface area contributed by atoms with Gasteiger partial charge in [-0.3, -0.25) is 9.59 Å². The second-order valence-corrected chi connectivity index (χ2v) is 10.6. The Morgan fingerprint density at radius 3 is 2.28 bits per heavy atom. The fraction of sp³-hybridized carbons (Fsp3) is 0.917. The number of carbonyl (C=O) groups is 2. The highest BCUT2D eigenvalue weighted by atomic mass is 16.5. The Bertz CT molecular complexity index is 608. The van der Waals surface area contributed by atoms with Crippen molar-refractivity contribution in [1.82, 2.24) is 9.80 Å². The molecular formula is C24H40N2O3. The summed E-state index contributed by atoms with van der Waals surface area (Å²) in [6, 6.07) is 0.725. The lowest BCUT2D eigenvalue weighted by Gasteiger charge is -2.57. The van der Waals surface area contributed by atoms with Gasteiger partial charge in [-0.15, -0.1) is 0 Å². The Morgan fingerprint density at radius 2 is 1.69 bits per heavy atom. The lowest BCUT2D eigenvalue weighted by molar-refractivity contribution is -0.166. The lowest BCUT2D eigenvalue weighted by Crippen LogP contribution is -2.61. The van der Waals surface area contributed by atoms with Crippen molar-refractivity contribution < 1.29 is 14.3 Å². The van der Waals surface area contributed by atoms with Crippen LogP contribution in [0.4, 0.5) is 0 Å². The van der Waals surface area contributed by atoms with E-state index in [1.807, 2.05) is 25.7 Å². The van der Waals surface area contributed by atoms with Crippen molar-refractivity contribution in [2.75, 3.05) is 32.8 Å². The predicted molar refractivity (Wildman–Crippen MR) is 114 cm³/mol. The molecule has 2 spiro atoms. The van der Waals surface area contributed by atoms with Crippen molar-refractivity contribution in [3.63, 3.8) is 0 Å². The van der Waals surface area contributed by atoms with Gasteiger partial charge >= 0.3 is 0 Å². The third-order valence-corrected chi connectivity index (χ3v) is 8.47. The zero-order valence-electron chi connectivity index (χ0n) is 18.8. The van der Waals surface area contributed by atoms with Crippen LogP contribution in [0.2, 0.25) is 0 Å². The summed E-state index contributed by atoms with van der Waals surface area (Å²) in [5.41, 5.74) is 0.422. The fourth-order valence-electron chi connectivity index (χ4n) is 6.44. The van der Waals surface area contributed by atoms with Crippen LogP contribution in [-0.4, -0.2) is 65.9 Å². The molecule has 5 nitrogen and oxygen atoms in total. The molecule has 4 fully saturated rings. The molecule has 2 aliphatic carbocycles. The molecule has 2 heterocycles. The Hall–Kier alpha value is -0.940. The van der Waals surface area contributed by atoms with E-state index >= 15 is 0 Å². The predicted octanol–water partition coefficient (Wildman–Crippen LogP) is 3.65. The van der Waals surface area contributed by atoms with Gasteiger partial charge in [-0.25, -0.2) is 0 Å². The average Bonchev–Trinajstić information content (AvgIpc) is 2.72. The molecular weight excluding hydrogens is 364 g/mol. The van der Waals surface area contributed by atoms with E-state index < -0.39 is 0 Å². The van der Waals surface area contributed by atoms with E-state index in [4.69, 9.17) is 4.74 Å². The first-order chi connectivity index (χ1) is 13.9. The maximum absolute atomic E-state index is 12.4. The van der Waals surface area contributed by atoms with Crippen molar-refractivity contribution in [2.45, 2.75) is 90.2 Å². The summed E-state index contributed by atoms with van der Waals surface area (Å²) >= 11 is 0. The number of amides is 1. The first kappa shape index (κ1) is 21.3. The Morgan fingerprint density at radius 1 is 1.03 bits per heavy atom. The van der Waals surface area contributed by atoms with E-state index in [0.717, 1.165) is 57.9 Å². The summed E-state index contributed by atoms with van der Waals surface area (Å²) in [5.74, 6) is 1.17. The molecule has 0 aromatic carbocycles. The summed E-state index contributed by atoms with van der Waals surface area (Å²) in [6.07, 6.45) is 10.2. The Balaban J connectivity index is 1.24. The van der Waals surface area contributed by atoms with Crippen LogP contribution in [-0.2, 0) is 14.3 Å². The first-order valence-electron chi connectivity index (χ1n) is 12.0. The van der Waals surface area contributed by atoms with Crippen molar-refractivity contribution in [3.8, 4) is 0 Å². The van der Waals surface area contributed by atoms with Gasteiger partial charge in [0, 0.05) is 50.5 Å². The fourth-order valence-corrected chi connectivity index (χ4v) is 6.44. The van der Waals surface area contributed by atoms with E-state index in [0.29, 0.717) is 30.1 Å². The molecule has 29 heavy (non-hydrogen) atoms. The zero-order valence-corrected chi connectivity index (χ0v) is 18.8. The van der Waals surface area contributed by atoms with Gasteiger partial charge < -0.3 is 14.5 Å². The molecule has 4 rings (SSSR count).